The molecule has 1 unspecified atom stereocenters. The Morgan fingerprint density at radius 1 is 1.08 bits per heavy atom. The van der Waals surface area contributed by atoms with Crippen molar-refractivity contribution in [3.8, 4) is 0 Å². The van der Waals surface area contributed by atoms with E-state index in [9.17, 15) is 9.59 Å². The molecular weight excluding hydrogens is 302 g/mol. The van der Waals surface area contributed by atoms with Crippen LogP contribution in [0.5, 0.6) is 0 Å². The number of hydrogen-bond donors (Lipinski definition) is 0. The second-order valence-electron chi connectivity index (χ2n) is 6.16. The van der Waals surface area contributed by atoms with E-state index >= 15 is 0 Å². The van der Waals surface area contributed by atoms with Crippen LogP contribution in [0.1, 0.15) is 39.5 Å². The van der Waals surface area contributed by atoms with Crippen LogP contribution in [0.15, 0.2) is 58.8 Å². The minimum Gasteiger partial charge on any atom is -0.338 e. The first-order chi connectivity index (χ1) is 11.7. The number of carbonyl (C=O) groups is 2. The first-order valence-corrected chi connectivity index (χ1v) is 8.11. The van der Waals surface area contributed by atoms with Crippen molar-refractivity contribution in [2.75, 3.05) is 6.54 Å². The maximum atomic E-state index is 12.7. The van der Waals surface area contributed by atoms with Gasteiger partial charge in [-0.15, -0.1) is 5.11 Å². The number of rotatable bonds is 2. The summed E-state index contributed by atoms with van der Waals surface area (Å²) in [5.74, 6) is -0.279. The summed E-state index contributed by atoms with van der Waals surface area (Å²) < 4.78 is 0. The van der Waals surface area contributed by atoms with Crippen molar-refractivity contribution in [3.05, 3.63) is 70.8 Å². The highest BCUT2D eigenvalue weighted by Gasteiger charge is 2.28. The minimum atomic E-state index is -0.372. The van der Waals surface area contributed by atoms with E-state index in [1.54, 1.807) is 12.1 Å². The highest BCUT2D eigenvalue weighted by molar-refractivity contribution is 5.97. The number of carbonyl (C=O) groups excluding carboxylic acids is 2. The zero-order chi connectivity index (χ0) is 16.5. The zero-order valence-electron chi connectivity index (χ0n) is 13.2. The third-order valence-corrected chi connectivity index (χ3v) is 4.69. The maximum absolute atomic E-state index is 12.7. The molecule has 0 aromatic heterocycles. The molecule has 4 rings (SSSR count). The highest BCUT2D eigenvalue weighted by atomic mass is 16.2. The summed E-state index contributed by atoms with van der Waals surface area (Å²) in [5.41, 5.74) is 3.87. The van der Waals surface area contributed by atoms with Crippen molar-refractivity contribution in [1.29, 1.82) is 0 Å². The summed E-state index contributed by atoms with van der Waals surface area (Å²) >= 11 is 0. The molecule has 0 radical (unpaired) electrons. The van der Waals surface area contributed by atoms with E-state index in [4.69, 9.17) is 0 Å². The van der Waals surface area contributed by atoms with Gasteiger partial charge in [0.25, 0.3) is 5.91 Å². The molecule has 2 amide bonds. The lowest BCUT2D eigenvalue weighted by molar-refractivity contribution is -0.132. The second-order valence-corrected chi connectivity index (χ2v) is 6.16. The van der Waals surface area contributed by atoms with Gasteiger partial charge in [0.2, 0.25) is 5.91 Å². The molecule has 1 atom stereocenters. The molecule has 120 valence electrons. The molecular formula is C19H17N3O2. The van der Waals surface area contributed by atoms with E-state index in [0.717, 1.165) is 18.5 Å². The lowest BCUT2D eigenvalue weighted by Gasteiger charge is -2.30. The number of azo groups is 1. The van der Waals surface area contributed by atoms with Gasteiger partial charge in [-0.3, -0.25) is 9.59 Å². The number of benzene rings is 2. The monoisotopic (exact) mass is 319 g/mol. The Bertz CT molecular complexity index is 844. The largest absolute Gasteiger partial charge is 0.338 e. The third kappa shape index (κ3) is 2.62. The van der Waals surface area contributed by atoms with Crippen molar-refractivity contribution in [3.63, 3.8) is 0 Å². The van der Waals surface area contributed by atoms with Gasteiger partial charge in [0, 0.05) is 18.7 Å². The van der Waals surface area contributed by atoms with Crippen LogP contribution >= 0.6 is 0 Å². The SMILES string of the molecule is O=C1N=NC(CC(=O)N2CCc3ccccc3C2)c2ccccc21. The average Bonchev–Trinajstić information content (AvgIpc) is 2.64. The molecule has 0 fully saturated rings. The zero-order valence-corrected chi connectivity index (χ0v) is 13.2. The van der Waals surface area contributed by atoms with Crippen LogP contribution in [0.2, 0.25) is 0 Å². The predicted molar refractivity (Wildman–Crippen MR) is 88.5 cm³/mol. The average molecular weight is 319 g/mol. The van der Waals surface area contributed by atoms with E-state index in [-0.39, 0.29) is 24.3 Å². The van der Waals surface area contributed by atoms with Crippen molar-refractivity contribution >= 4 is 11.8 Å². The Hall–Kier alpha value is -2.82. The Kier molecular flexibility index (Phi) is 3.69. The number of nitrogens with zero attached hydrogens (tertiary/aromatic N) is 3. The molecule has 5 nitrogen and oxygen atoms in total. The van der Waals surface area contributed by atoms with Gasteiger partial charge in [-0.25, -0.2) is 0 Å². The van der Waals surface area contributed by atoms with Gasteiger partial charge in [-0.05, 0) is 29.2 Å². The van der Waals surface area contributed by atoms with E-state index < -0.39 is 0 Å². The molecule has 0 bridgehead atoms. The second kappa shape index (κ2) is 6.00. The van der Waals surface area contributed by atoms with Gasteiger partial charge < -0.3 is 4.90 Å². The molecule has 0 saturated heterocycles. The maximum Gasteiger partial charge on any atom is 0.295 e. The summed E-state index contributed by atoms with van der Waals surface area (Å²) in [4.78, 5) is 26.4. The smallest absolute Gasteiger partial charge is 0.295 e. The molecule has 2 aromatic carbocycles. The fourth-order valence-corrected chi connectivity index (χ4v) is 3.37. The minimum absolute atomic E-state index is 0.0533. The number of amides is 2. The van der Waals surface area contributed by atoms with E-state index in [1.807, 2.05) is 29.2 Å². The van der Waals surface area contributed by atoms with Gasteiger partial charge >= 0.3 is 0 Å². The fourth-order valence-electron chi connectivity index (χ4n) is 3.37. The standard InChI is InChI=1S/C19H17N3O2/c23-18(22-10-9-13-5-1-2-6-14(13)12-22)11-17-15-7-3-4-8-16(15)19(24)21-20-17/h1-8,17H,9-12H2. The van der Waals surface area contributed by atoms with Crippen LogP contribution in [0, 0.1) is 0 Å². The Balaban J connectivity index is 1.51. The lowest BCUT2D eigenvalue weighted by atomic mass is 9.95. The van der Waals surface area contributed by atoms with Crippen LogP contribution in [0.25, 0.3) is 0 Å². The molecule has 5 heteroatoms. The molecule has 0 aliphatic carbocycles. The van der Waals surface area contributed by atoms with Crippen molar-refractivity contribution < 1.29 is 9.59 Å². The van der Waals surface area contributed by atoms with E-state index in [2.05, 4.69) is 22.4 Å². The number of hydrogen-bond acceptors (Lipinski definition) is 3. The molecule has 0 saturated carbocycles. The molecule has 24 heavy (non-hydrogen) atoms. The molecule has 2 heterocycles. The van der Waals surface area contributed by atoms with Gasteiger partial charge in [0.05, 0.1) is 6.42 Å². The van der Waals surface area contributed by atoms with Gasteiger partial charge in [-0.1, -0.05) is 42.5 Å². The summed E-state index contributed by atoms with van der Waals surface area (Å²) in [7, 11) is 0. The van der Waals surface area contributed by atoms with Crippen molar-refractivity contribution in [2.24, 2.45) is 10.2 Å². The molecule has 2 aliphatic rings. The fraction of sp³-hybridized carbons (Fsp3) is 0.263. The van der Waals surface area contributed by atoms with Gasteiger partial charge in [-0.2, -0.15) is 5.11 Å². The van der Waals surface area contributed by atoms with Crippen LogP contribution in [-0.2, 0) is 17.8 Å². The first kappa shape index (κ1) is 14.8. The summed E-state index contributed by atoms with van der Waals surface area (Å²) in [6, 6.07) is 15.1. The van der Waals surface area contributed by atoms with Crippen LogP contribution in [0.4, 0.5) is 0 Å². The predicted octanol–water partition coefficient (Wildman–Crippen LogP) is 3.31. The van der Waals surface area contributed by atoms with Gasteiger partial charge in [0.15, 0.2) is 0 Å². The molecule has 0 spiro atoms. The Labute approximate surface area is 140 Å². The Morgan fingerprint density at radius 3 is 2.71 bits per heavy atom. The normalized spacial score (nSPS) is 18.9. The quantitative estimate of drug-likeness (QED) is 0.852. The molecule has 0 N–H and O–H groups in total. The third-order valence-electron chi connectivity index (χ3n) is 4.69. The van der Waals surface area contributed by atoms with Gasteiger partial charge in [0.1, 0.15) is 6.04 Å². The summed E-state index contributed by atoms with van der Waals surface area (Å²) in [6.07, 6.45) is 1.12. The molecule has 2 aliphatic heterocycles. The van der Waals surface area contributed by atoms with E-state index in [1.165, 1.54) is 11.1 Å². The Morgan fingerprint density at radius 2 is 1.83 bits per heavy atom. The van der Waals surface area contributed by atoms with E-state index in [0.29, 0.717) is 12.1 Å². The van der Waals surface area contributed by atoms with Crippen LogP contribution in [-0.4, -0.2) is 23.3 Å². The number of fused-ring (bicyclic) bond motifs is 2. The molecule has 2 aromatic rings. The van der Waals surface area contributed by atoms with Crippen molar-refractivity contribution in [2.45, 2.75) is 25.4 Å². The van der Waals surface area contributed by atoms with Crippen LogP contribution in [0.3, 0.4) is 0 Å². The van der Waals surface area contributed by atoms with Crippen molar-refractivity contribution in [1.82, 2.24) is 4.90 Å². The summed E-state index contributed by atoms with van der Waals surface area (Å²) in [6.45, 7) is 1.36. The lowest BCUT2D eigenvalue weighted by Crippen LogP contribution is -2.36. The highest BCUT2D eigenvalue weighted by Crippen LogP contribution is 2.31. The summed E-state index contributed by atoms with van der Waals surface area (Å²) in [5, 5.41) is 7.76. The first-order valence-electron chi connectivity index (χ1n) is 8.11. The van der Waals surface area contributed by atoms with Crippen LogP contribution < -0.4 is 0 Å². The topological polar surface area (TPSA) is 62.1 Å².